The average Bonchev–Trinajstić information content (AvgIpc) is 3.20. The van der Waals surface area contributed by atoms with Crippen LogP contribution in [0.4, 0.5) is 10.6 Å². The summed E-state index contributed by atoms with van der Waals surface area (Å²) in [6, 6.07) is 7.69. The van der Waals surface area contributed by atoms with Crippen molar-refractivity contribution in [3.05, 3.63) is 41.2 Å². The second-order valence-corrected chi connectivity index (χ2v) is 8.12. The topological polar surface area (TPSA) is 123 Å². The summed E-state index contributed by atoms with van der Waals surface area (Å²) in [6.07, 6.45) is 1.56. The Bertz CT molecular complexity index is 1190. The molecular formula is C22H24N6O3. The number of carbonyl (C=O) groups is 2. The van der Waals surface area contributed by atoms with Crippen molar-refractivity contribution in [1.82, 2.24) is 25.2 Å². The molecule has 0 aliphatic carbocycles. The second-order valence-electron chi connectivity index (χ2n) is 8.12. The van der Waals surface area contributed by atoms with E-state index in [2.05, 4.69) is 15.6 Å². The predicted molar refractivity (Wildman–Crippen MR) is 116 cm³/mol. The molecule has 1 saturated heterocycles. The molecule has 2 aliphatic rings. The number of nitrogens with one attached hydrogen (secondary N) is 3. The third kappa shape index (κ3) is 3.56. The molecule has 3 aromatic rings. The molecule has 1 atom stereocenters. The summed E-state index contributed by atoms with van der Waals surface area (Å²) in [7, 11) is 0. The van der Waals surface area contributed by atoms with E-state index in [0.29, 0.717) is 31.0 Å². The Balaban J connectivity index is 1.51. The SMILES string of the molecule is Cc1nc2cccc(-c3cc4c([nH]3)CCNC4=O)c2nc1N[C@H]1CCCN(C(=O)O)C1. The van der Waals surface area contributed by atoms with E-state index in [1.54, 1.807) is 0 Å². The summed E-state index contributed by atoms with van der Waals surface area (Å²) >= 11 is 0. The first kappa shape index (κ1) is 19.3. The normalized spacial score (nSPS) is 18.5. The summed E-state index contributed by atoms with van der Waals surface area (Å²) in [6.45, 7) is 3.51. The minimum Gasteiger partial charge on any atom is -0.465 e. The van der Waals surface area contributed by atoms with E-state index in [1.807, 2.05) is 31.2 Å². The highest BCUT2D eigenvalue weighted by molar-refractivity contribution is 5.99. The fraction of sp³-hybridized carbons (Fsp3) is 0.364. The van der Waals surface area contributed by atoms with E-state index < -0.39 is 6.09 Å². The monoisotopic (exact) mass is 420 g/mol. The van der Waals surface area contributed by atoms with Gasteiger partial charge in [-0.25, -0.2) is 14.8 Å². The molecule has 0 bridgehead atoms. The van der Waals surface area contributed by atoms with Crippen molar-refractivity contribution < 1.29 is 14.7 Å². The lowest BCUT2D eigenvalue weighted by Crippen LogP contribution is -2.44. The number of piperidine rings is 1. The highest BCUT2D eigenvalue weighted by Gasteiger charge is 2.25. The predicted octanol–water partition coefficient (Wildman–Crippen LogP) is 2.77. The quantitative estimate of drug-likeness (QED) is 0.517. The highest BCUT2D eigenvalue weighted by atomic mass is 16.4. The minimum atomic E-state index is -0.894. The van der Waals surface area contributed by atoms with Gasteiger partial charge in [0.2, 0.25) is 0 Å². The summed E-state index contributed by atoms with van der Waals surface area (Å²) < 4.78 is 0. The molecule has 4 heterocycles. The zero-order valence-electron chi connectivity index (χ0n) is 17.2. The van der Waals surface area contributed by atoms with Gasteiger partial charge in [0, 0.05) is 49.0 Å². The summed E-state index contributed by atoms with van der Waals surface area (Å²) in [5.41, 5.74) is 5.60. The first-order valence-corrected chi connectivity index (χ1v) is 10.5. The summed E-state index contributed by atoms with van der Waals surface area (Å²) in [5, 5.41) is 15.6. The number of amides is 2. The van der Waals surface area contributed by atoms with Gasteiger partial charge in [0.15, 0.2) is 0 Å². The van der Waals surface area contributed by atoms with Crippen molar-refractivity contribution in [2.45, 2.75) is 32.2 Å². The Kier molecular flexibility index (Phi) is 4.72. The second kappa shape index (κ2) is 7.57. The maximum Gasteiger partial charge on any atom is 0.407 e. The molecule has 2 amide bonds. The lowest BCUT2D eigenvalue weighted by atomic mass is 10.1. The molecule has 0 radical (unpaired) electrons. The van der Waals surface area contributed by atoms with E-state index in [1.165, 1.54) is 4.90 Å². The van der Waals surface area contributed by atoms with Crippen LogP contribution in [-0.2, 0) is 6.42 Å². The van der Waals surface area contributed by atoms with Gasteiger partial charge in [0.1, 0.15) is 11.3 Å². The molecule has 5 rings (SSSR count). The van der Waals surface area contributed by atoms with Gasteiger partial charge in [-0.3, -0.25) is 4.79 Å². The molecule has 160 valence electrons. The third-order valence-electron chi connectivity index (χ3n) is 6.00. The number of anilines is 1. The number of carbonyl (C=O) groups excluding carboxylic acids is 1. The van der Waals surface area contributed by atoms with Crippen LogP contribution in [-0.4, -0.2) is 62.6 Å². The van der Waals surface area contributed by atoms with E-state index in [4.69, 9.17) is 9.97 Å². The van der Waals surface area contributed by atoms with Crippen LogP contribution >= 0.6 is 0 Å². The van der Waals surface area contributed by atoms with Crippen LogP contribution in [0.3, 0.4) is 0 Å². The molecule has 1 aromatic carbocycles. The van der Waals surface area contributed by atoms with Crippen LogP contribution in [0, 0.1) is 6.92 Å². The fourth-order valence-corrected chi connectivity index (χ4v) is 4.42. The smallest absolute Gasteiger partial charge is 0.407 e. The molecule has 0 saturated carbocycles. The zero-order valence-corrected chi connectivity index (χ0v) is 17.2. The number of nitrogens with zero attached hydrogens (tertiary/aromatic N) is 3. The van der Waals surface area contributed by atoms with E-state index in [0.717, 1.165) is 52.9 Å². The molecule has 9 heteroatoms. The number of aryl methyl sites for hydroxylation is 1. The first-order valence-electron chi connectivity index (χ1n) is 10.5. The Morgan fingerprint density at radius 3 is 2.97 bits per heavy atom. The molecule has 2 aromatic heterocycles. The van der Waals surface area contributed by atoms with Gasteiger partial charge < -0.3 is 25.6 Å². The molecule has 0 unspecified atom stereocenters. The Morgan fingerprint density at radius 2 is 2.16 bits per heavy atom. The van der Waals surface area contributed by atoms with Crippen LogP contribution in [0.1, 0.15) is 34.6 Å². The molecule has 31 heavy (non-hydrogen) atoms. The largest absolute Gasteiger partial charge is 0.465 e. The van der Waals surface area contributed by atoms with Crippen molar-refractivity contribution in [2.24, 2.45) is 0 Å². The third-order valence-corrected chi connectivity index (χ3v) is 6.00. The van der Waals surface area contributed by atoms with Crippen LogP contribution < -0.4 is 10.6 Å². The lowest BCUT2D eigenvalue weighted by molar-refractivity contribution is 0.0946. The van der Waals surface area contributed by atoms with Gasteiger partial charge in [-0.15, -0.1) is 0 Å². The van der Waals surface area contributed by atoms with Gasteiger partial charge >= 0.3 is 6.09 Å². The van der Waals surface area contributed by atoms with Crippen molar-refractivity contribution in [2.75, 3.05) is 25.0 Å². The standard InChI is InChI=1S/C22H24N6O3/c1-12-20(25-13-4-3-9-28(11-13)22(30)31)27-19-14(5-2-6-17(19)24-12)18-10-15-16(26-18)7-8-23-21(15)29/h2,5-6,10,13,26H,3-4,7-9,11H2,1H3,(H,23,29)(H,25,27)(H,30,31)/t13-/m0/s1. The molecule has 9 nitrogen and oxygen atoms in total. The van der Waals surface area contributed by atoms with Crippen molar-refractivity contribution in [3.8, 4) is 11.3 Å². The van der Waals surface area contributed by atoms with E-state index >= 15 is 0 Å². The molecule has 0 spiro atoms. The van der Waals surface area contributed by atoms with E-state index in [9.17, 15) is 14.7 Å². The minimum absolute atomic E-state index is 0.0102. The Hall–Kier alpha value is -3.62. The van der Waals surface area contributed by atoms with Crippen molar-refractivity contribution in [3.63, 3.8) is 0 Å². The molecule has 4 N–H and O–H groups in total. The van der Waals surface area contributed by atoms with Gasteiger partial charge in [-0.1, -0.05) is 12.1 Å². The lowest BCUT2D eigenvalue weighted by Gasteiger charge is -2.31. The van der Waals surface area contributed by atoms with Crippen LogP contribution in [0.2, 0.25) is 0 Å². The van der Waals surface area contributed by atoms with Crippen molar-refractivity contribution >= 4 is 28.9 Å². The van der Waals surface area contributed by atoms with Gasteiger partial charge in [-0.05, 0) is 31.9 Å². The number of benzene rings is 1. The number of para-hydroxylation sites is 1. The fourth-order valence-electron chi connectivity index (χ4n) is 4.42. The highest BCUT2D eigenvalue weighted by Crippen LogP contribution is 2.30. The molecular weight excluding hydrogens is 396 g/mol. The number of fused-ring (bicyclic) bond motifs is 2. The average molecular weight is 420 g/mol. The van der Waals surface area contributed by atoms with E-state index in [-0.39, 0.29) is 11.9 Å². The van der Waals surface area contributed by atoms with Crippen LogP contribution in [0.5, 0.6) is 0 Å². The maximum absolute atomic E-state index is 12.2. The number of hydrogen-bond acceptors (Lipinski definition) is 5. The number of aromatic nitrogens is 3. The van der Waals surface area contributed by atoms with Crippen LogP contribution in [0.25, 0.3) is 22.3 Å². The summed E-state index contributed by atoms with van der Waals surface area (Å²) in [5.74, 6) is 0.597. The van der Waals surface area contributed by atoms with Crippen molar-refractivity contribution in [1.29, 1.82) is 0 Å². The first-order chi connectivity index (χ1) is 15.0. The molecule has 2 aliphatic heterocycles. The maximum atomic E-state index is 12.2. The van der Waals surface area contributed by atoms with Gasteiger partial charge in [0.25, 0.3) is 5.91 Å². The van der Waals surface area contributed by atoms with Gasteiger partial charge in [0.05, 0.1) is 16.8 Å². The molecule has 1 fully saturated rings. The zero-order chi connectivity index (χ0) is 21.5. The summed E-state index contributed by atoms with van der Waals surface area (Å²) in [4.78, 5) is 37.9. The number of aromatic amines is 1. The number of rotatable bonds is 3. The number of likely N-dealkylation sites (tertiary alicyclic amines) is 1. The number of H-pyrrole nitrogens is 1. The Labute approximate surface area is 178 Å². The number of carboxylic acid groups (broad SMARTS) is 1. The number of hydrogen-bond donors (Lipinski definition) is 4. The van der Waals surface area contributed by atoms with Gasteiger partial charge in [-0.2, -0.15) is 0 Å². The Morgan fingerprint density at radius 1 is 1.29 bits per heavy atom. The van der Waals surface area contributed by atoms with Crippen LogP contribution in [0.15, 0.2) is 24.3 Å².